The Hall–Kier alpha value is -3.12. The van der Waals surface area contributed by atoms with Gasteiger partial charge in [-0.2, -0.15) is 15.1 Å². The number of nitrogens with two attached hydrogens (primary N) is 1. The number of nitrogen functional groups attached to an aromatic ring is 1. The zero-order chi connectivity index (χ0) is 20.5. The molecule has 152 valence electrons. The summed E-state index contributed by atoms with van der Waals surface area (Å²) in [6.07, 6.45) is -1.40. The van der Waals surface area contributed by atoms with Crippen LogP contribution in [0.1, 0.15) is 17.4 Å². The number of anilines is 2. The van der Waals surface area contributed by atoms with Crippen molar-refractivity contribution in [3.8, 4) is 0 Å². The highest BCUT2D eigenvalue weighted by atomic mass is 16.6. The van der Waals surface area contributed by atoms with Crippen LogP contribution in [-0.2, 0) is 4.74 Å². The van der Waals surface area contributed by atoms with Gasteiger partial charge in [-0.05, 0) is 12.5 Å². The Balaban J connectivity index is 1.61. The van der Waals surface area contributed by atoms with E-state index >= 15 is 0 Å². The number of fused-ring (bicyclic) bond motifs is 1. The van der Waals surface area contributed by atoms with Gasteiger partial charge in [0.1, 0.15) is 23.8 Å². The number of ether oxygens (including phenoxy) is 1. The van der Waals surface area contributed by atoms with Crippen molar-refractivity contribution in [2.24, 2.45) is 5.10 Å². The molecule has 0 aliphatic carbocycles. The topological polar surface area (TPSA) is 164 Å². The first-order valence-electron chi connectivity index (χ1n) is 8.96. The maximum atomic E-state index is 10.3. The summed E-state index contributed by atoms with van der Waals surface area (Å²) in [5, 5.41) is 33.7. The number of aliphatic hydroxyl groups excluding tert-OH is 3. The van der Waals surface area contributed by atoms with Gasteiger partial charge in [0.2, 0.25) is 5.95 Å². The van der Waals surface area contributed by atoms with Crippen molar-refractivity contribution in [3.63, 3.8) is 0 Å². The number of benzene rings is 1. The molecule has 29 heavy (non-hydrogen) atoms. The lowest BCUT2D eigenvalue weighted by Gasteiger charge is -2.16. The van der Waals surface area contributed by atoms with E-state index in [1.807, 2.05) is 31.2 Å². The zero-order valence-corrected chi connectivity index (χ0v) is 15.5. The Kier molecular flexibility index (Phi) is 5.11. The van der Waals surface area contributed by atoms with E-state index in [2.05, 4.69) is 25.5 Å². The van der Waals surface area contributed by atoms with Crippen LogP contribution in [0.5, 0.6) is 0 Å². The molecular formula is C18H21N7O4. The van der Waals surface area contributed by atoms with Crippen LogP contribution < -0.4 is 11.2 Å². The van der Waals surface area contributed by atoms with Crippen LogP contribution in [0.15, 0.2) is 35.7 Å². The van der Waals surface area contributed by atoms with E-state index < -0.39 is 31.1 Å². The first-order chi connectivity index (χ1) is 14.0. The molecule has 11 nitrogen and oxygen atoms in total. The fraction of sp³-hybridized carbons (Fsp3) is 0.333. The van der Waals surface area contributed by atoms with Crippen molar-refractivity contribution in [2.75, 3.05) is 17.8 Å². The lowest BCUT2D eigenvalue weighted by Crippen LogP contribution is -2.33. The molecule has 0 bridgehead atoms. The quantitative estimate of drug-likeness (QED) is 0.288. The predicted octanol–water partition coefficient (Wildman–Crippen LogP) is -0.226. The van der Waals surface area contributed by atoms with E-state index in [0.29, 0.717) is 11.2 Å². The average Bonchev–Trinajstić information content (AvgIpc) is 3.25. The van der Waals surface area contributed by atoms with E-state index in [1.165, 1.54) is 10.9 Å². The fourth-order valence-electron chi connectivity index (χ4n) is 3.10. The minimum atomic E-state index is -1.27. The van der Waals surface area contributed by atoms with Crippen LogP contribution in [0.25, 0.3) is 11.2 Å². The largest absolute Gasteiger partial charge is 0.394 e. The maximum Gasteiger partial charge on any atom is 0.247 e. The van der Waals surface area contributed by atoms with Crippen molar-refractivity contribution < 1.29 is 20.1 Å². The first-order valence-corrected chi connectivity index (χ1v) is 8.96. The lowest BCUT2D eigenvalue weighted by molar-refractivity contribution is -0.0511. The smallest absolute Gasteiger partial charge is 0.247 e. The lowest BCUT2D eigenvalue weighted by atomic mass is 10.1. The van der Waals surface area contributed by atoms with Gasteiger partial charge in [-0.3, -0.25) is 4.57 Å². The third-order valence-electron chi connectivity index (χ3n) is 4.70. The Morgan fingerprint density at radius 3 is 2.69 bits per heavy atom. The molecule has 0 radical (unpaired) electrons. The molecule has 4 atom stereocenters. The Morgan fingerprint density at radius 2 is 2.00 bits per heavy atom. The minimum absolute atomic E-state index is 0.119. The molecule has 0 saturated carbocycles. The molecule has 4 rings (SSSR count). The highest BCUT2D eigenvalue weighted by Gasteiger charge is 2.44. The van der Waals surface area contributed by atoms with Crippen molar-refractivity contribution >= 4 is 29.1 Å². The molecule has 2 aromatic heterocycles. The van der Waals surface area contributed by atoms with E-state index in [0.717, 1.165) is 11.1 Å². The summed E-state index contributed by atoms with van der Waals surface area (Å²) in [4.78, 5) is 12.6. The van der Waals surface area contributed by atoms with Gasteiger partial charge in [-0.1, -0.05) is 29.8 Å². The number of hydrogen-bond donors (Lipinski definition) is 5. The van der Waals surface area contributed by atoms with Crippen LogP contribution in [0.4, 0.5) is 11.8 Å². The first kappa shape index (κ1) is 19.2. The number of rotatable bonds is 5. The monoisotopic (exact) mass is 399 g/mol. The number of aliphatic hydroxyl groups is 3. The predicted molar refractivity (Wildman–Crippen MR) is 105 cm³/mol. The van der Waals surface area contributed by atoms with Crippen molar-refractivity contribution in [1.29, 1.82) is 0 Å². The number of hydrogen-bond acceptors (Lipinski definition) is 10. The van der Waals surface area contributed by atoms with Gasteiger partial charge in [-0.15, -0.1) is 0 Å². The van der Waals surface area contributed by atoms with Crippen LogP contribution in [-0.4, -0.2) is 66.0 Å². The van der Waals surface area contributed by atoms with Crippen molar-refractivity contribution in [2.45, 2.75) is 31.5 Å². The summed E-state index contributed by atoms with van der Waals surface area (Å²) < 4.78 is 6.97. The van der Waals surface area contributed by atoms with Gasteiger partial charge in [0.25, 0.3) is 0 Å². The van der Waals surface area contributed by atoms with Gasteiger partial charge in [0, 0.05) is 0 Å². The summed E-state index contributed by atoms with van der Waals surface area (Å²) in [6, 6.07) is 7.80. The molecule has 11 heteroatoms. The Bertz CT molecular complexity index is 1040. The SMILES string of the molecule is Cc1ccc(/C=N/Nc2nc(N)c3ncn(C4OC(CO)C(O)C4O)c3n2)cc1. The van der Waals surface area contributed by atoms with Gasteiger partial charge >= 0.3 is 0 Å². The van der Waals surface area contributed by atoms with Crippen molar-refractivity contribution in [1.82, 2.24) is 19.5 Å². The summed E-state index contributed by atoms with van der Waals surface area (Å²) in [6.45, 7) is 1.57. The number of aromatic nitrogens is 4. The molecule has 0 amide bonds. The molecular weight excluding hydrogens is 378 g/mol. The number of hydrazone groups is 1. The molecule has 3 heterocycles. The van der Waals surface area contributed by atoms with E-state index in [-0.39, 0.29) is 11.8 Å². The molecule has 1 aliphatic rings. The zero-order valence-electron chi connectivity index (χ0n) is 15.5. The second-order valence-electron chi connectivity index (χ2n) is 6.77. The van der Waals surface area contributed by atoms with Gasteiger partial charge in [0.05, 0.1) is 19.1 Å². The van der Waals surface area contributed by atoms with Gasteiger partial charge in [0.15, 0.2) is 17.7 Å². The van der Waals surface area contributed by atoms with E-state index in [1.54, 1.807) is 6.21 Å². The molecule has 3 aromatic rings. The molecule has 6 N–H and O–H groups in total. The van der Waals surface area contributed by atoms with Crippen LogP contribution in [0, 0.1) is 6.92 Å². The molecule has 1 aliphatic heterocycles. The molecule has 1 fully saturated rings. The highest BCUT2D eigenvalue weighted by molar-refractivity contribution is 5.83. The summed E-state index contributed by atoms with van der Waals surface area (Å²) in [5.74, 6) is 0.250. The third-order valence-corrected chi connectivity index (χ3v) is 4.70. The molecule has 1 saturated heterocycles. The van der Waals surface area contributed by atoms with Gasteiger partial charge < -0.3 is 25.8 Å². The summed E-state index contributed by atoms with van der Waals surface area (Å²) >= 11 is 0. The van der Waals surface area contributed by atoms with E-state index in [9.17, 15) is 15.3 Å². The van der Waals surface area contributed by atoms with E-state index in [4.69, 9.17) is 10.5 Å². The Labute approximate surface area is 165 Å². The van der Waals surface area contributed by atoms with Crippen LogP contribution in [0.2, 0.25) is 0 Å². The molecule has 1 aromatic carbocycles. The number of nitrogens with one attached hydrogen (secondary N) is 1. The van der Waals surface area contributed by atoms with Crippen molar-refractivity contribution in [3.05, 3.63) is 41.7 Å². The fourth-order valence-corrected chi connectivity index (χ4v) is 3.10. The number of nitrogens with zero attached hydrogens (tertiary/aromatic N) is 5. The normalized spacial score (nSPS) is 24.6. The third kappa shape index (κ3) is 3.63. The van der Waals surface area contributed by atoms with Crippen LogP contribution in [0.3, 0.4) is 0 Å². The second kappa shape index (κ2) is 7.72. The van der Waals surface area contributed by atoms with Gasteiger partial charge in [-0.25, -0.2) is 10.4 Å². The number of aryl methyl sites for hydroxylation is 1. The van der Waals surface area contributed by atoms with Crippen LogP contribution >= 0.6 is 0 Å². The maximum absolute atomic E-state index is 10.3. The summed E-state index contributed by atoms with van der Waals surface area (Å²) in [7, 11) is 0. The Morgan fingerprint density at radius 1 is 1.24 bits per heavy atom. The average molecular weight is 399 g/mol. The molecule has 0 spiro atoms. The standard InChI is InChI=1S/C18H21N7O4/c1-9-2-4-10(5-3-9)6-21-24-18-22-15(19)12-16(23-18)25(8-20-12)17-14(28)13(27)11(7-26)29-17/h2-6,8,11,13-14,17,26-28H,7H2,1H3,(H3,19,22,23,24)/b21-6+. The minimum Gasteiger partial charge on any atom is -0.394 e. The summed E-state index contributed by atoms with van der Waals surface area (Å²) in [5.41, 5.74) is 11.3. The molecule has 4 unspecified atom stereocenters. The number of imidazole rings is 1. The highest BCUT2D eigenvalue weighted by Crippen LogP contribution is 2.32. The second-order valence-corrected chi connectivity index (χ2v) is 6.77.